The molecule has 0 saturated heterocycles. The standard InChI is InChI=1S/C24H16F3NO2/c25-24(26,27)18-11-9-17(10-12-18)23(30)22-19-8-4-5-14-28(19)20(13-15-29)21(22)16-6-2-1-3-7-16/h1-12,14-15H,13H2. The highest BCUT2D eigenvalue weighted by Gasteiger charge is 2.31. The molecular formula is C24H16F3NO2. The molecular weight excluding hydrogens is 391 g/mol. The fraction of sp³-hybridized carbons (Fsp3) is 0.0833. The van der Waals surface area contributed by atoms with Crippen molar-refractivity contribution < 1.29 is 22.8 Å². The van der Waals surface area contributed by atoms with Crippen LogP contribution in [0.4, 0.5) is 13.2 Å². The van der Waals surface area contributed by atoms with Crippen molar-refractivity contribution in [2.75, 3.05) is 0 Å². The molecule has 4 aromatic rings. The minimum Gasteiger partial charge on any atom is -0.319 e. The van der Waals surface area contributed by atoms with Crippen LogP contribution < -0.4 is 0 Å². The number of nitrogens with zero attached hydrogens (tertiary/aromatic N) is 1. The van der Waals surface area contributed by atoms with E-state index in [0.717, 1.165) is 24.0 Å². The number of alkyl halides is 3. The van der Waals surface area contributed by atoms with Gasteiger partial charge in [-0.1, -0.05) is 48.5 Å². The third-order valence-corrected chi connectivity index (χ3v) is 4.99. The second-order valence-electron chi connectivity index (χ2n) is 6.79. The Hall–Kier alpha value is -3.67. The van der Waals surface area contributed by atoms with Gasteiger partial charge < -0.3 is 9.20 Å². The van der Waals surface area contributed by atoms with Gasteiger partial charge in [0.2, 0.25) is 0 Å². The number of ketones is 1. The van der Waals surface area contributed by atoms with Crippen LogP contribution in [0, 0.1) is 0 Å². The monoisotopic (exact) mass is 407 g/mol. The number of fused-ring (bicyclic) bond motifs is 1. The number of aromatic nitrogens is 1. The van der Waals surface area contributed by atoms with Crippen LogP contribution in [-0.2, 0) is 17.4 Å². The molecule has 2 heterocycles. The van der Waals surface area contributed by atoms with Crippen LogP contribution >= 0.6 is 0 Å². The molecule has 0 bridgehead atoms. The van der Waals surface area contributed by atoms with E-state index in [4.69, 9.17) is 0 Å². The summed E-state index contributed by atoms with van der Waals surface area (Å²) in [6, 6.07) is 18.7. The molecule has 0 amide bonds. The first-order valence-corrected chi connectivity index (χ1v) is 9.24. The summed E-state index contributed by atoms with van der Waals surface area (Å²) in [5.41, 5.74) is 2.31. The van der Waals surface area contributed by atoms with Gasteiger partial charge in [0.05, 0.1) is 16.6 Å². The quantitative estimate of drug-likeness (QED) is 0.319. The van der Waals surface area contributed by atoms with Gasteiger partial charge in [-0.05, 0) is 29.8 Å². The molecule has 0 spiro atoms. The summed E-state index contributed by atoms with van der Waals surface area (Å²) in [5.74, 6) is -0.400. The van der Waals surface area contributed by atoms with Crippen molar-refractivity contribution in [3.05, 3.63) is 101 Å². The lowest BCUT2D eigenvalue weighted by Gasteiger charge is -2.09. The van der Waals surface area contributed by atoms with Crippen LogP contribution in [0.15, 0.2) is 79.0 Å². The Bertz CT molecular complexity index is 1220. The average Bonchev–Trinajstić information content (AvgIpc) is 3.08. The Labute approximate surface area is 170 Å². The number of hydrogen-bond acceptors (Lipinski definition) is 2. The number of carbonyl (C=O) groups excluding carboxylic acids is 2. The van der Waals surface area contributed by atoms with Gasteiger partial charge in [0.25, 0.3) is 0 Å². The van der Waals surface area contributed by atoms with Gasteiger partial charge in [0.15, 0.2) is 5.78 Å². The maximum absolute atomic E-state index is 13.5. The van der Waals surface area contributed by atoms with Gasteiger partial charge >= 0.3 is 6.18 Å². The Morgan fingerprint density at radius 2 is 1.57 bits per heavy atom. The largest absolute Gasteiger partial charge is 0.416 e. The number of pyridine rings is 1. The smallest absolute Gasteiger partial charge is 0.319 e. The number of carbonyl (C=O) groups is 2. The molecule has 0 aliphatic carbocycles. The Kier molecular flexibility index (Phi) is 4.99. The lowest BCUT2D eigenvalue weighted by Crippen LogP contribution is -2.07. The van der Waals surface area contributed by atoms with Crippen molar-refractivity contribution in [3.63, 3.8) is 0 Å². The topological polar surface area (TPSA) is 38.5 Å². The van der Waals surface area contributed by atoms with E-state index in [1.807, 2.05) is 30.3 Å². The van der Waals surface area contributed by atoms with E-state index in [0.29, 0.717) is 22.3 Å². The van der Waals surface area contributed by atoms with Crippen LogP contribution in [0.5, 0.6) is 0 Å². The first-order valence-electron chi connectivity index (χ1n) is 9.24. The highest BCUT2D eigenvalue weighted by atomic mass is 19.4. The van der Waals surface area contributed by atoms with Gasteiger partial charge in [-0.15, -0.1) is 0 Å². The van der Waals surface area contributed by atoms with Crippen molar-refractivity contribution >= 4 is 17.6 Å². The minimum absolute atomic E-state index is 0.0930. The third-order valence-electron chi connectivity index (χ3n) is 4.99. The molecule has 4 rings (SSSR count). The van der Waals surface area contributed by atoms with Crippen LogP contribution in [0.2, 0.25) is 0 Å². The molecule has 0 radical (unpaired) electrons. The molecule has 0 fully saturated rings. The van der Waals surface area contributed by atoms with Gasteiger partial charge in [-0.2, -0.15) is 13.2 Å². The molecule has 0 aliphatic heterocycles. The number of halogens is 3. The van der Waals surface area contributed by atoms with E-state index in [-0.39, 0.29) is 12.0 Å². The Morgan fingerprint density at radius 3 is 2.20 bits per heavy atom. The number of aldehydes is 1. The number of hydrogen-bond donors (Lipinski definition) is 0. The van der Waals surface area contributed by atoms with Gasteiger partial charge in [0, 0.05) is 29.4 Å². The van der Waals surface area contributed by atoms with Crippen molar-refractivity contribution in [2.45, 2.75) is 12.6 Å². The highest BCUT2D eigenvalue weighted by molar-refractivity contribution is 6.18. The fourth-order valence-electron chi connectivity index (χ4n) is 3.65. The molecule has 2 aromatic heterocycles. The second kappa shape index (κ2) is 7.63. The zero-order chi connectivity index (χ0) is 21.3. The fourth-order valence-corrected chi connectivity index (χ4v) is 3.65. The molecule has 0 aliphatic rings. The number of benzene rings is 2. The van der Waals surface area contributed by atoms with Crippen molar-refractivity contribution in [1.29, 1.82) is 0 Å². The predicted octanol–water partition coefficient (Wildman–Crippen LogP) is 5.60. The van der Waals surface area contributed by atoms with Crippen LogP contribution in [0.3, 0.4) is 0 Å². The summed E-state index contributed by atoms with van der Waals surface area (Å²) in [4.78, 5) is 24.8. The molecule has 0 unspecified atom stereocenters. The van der Waals surface area contributed by atoms with Gasteiger partial charge in [-0.3, -0.25) is 4.79 Å². The average molecular weight is 407 g/mol. The zero-order valence-corrected chi connectivity index (χ0v) is 15.7. The lowest BCUT2D eigenvalue weighted by molar-refractivity contribution is -0.137. The van der Waals surface area contributed by atoms with Crippen LogP contribution in [-0.4, -0.2) is 16.5 Å². The maximum Gasteiger partial charge on any atom is 0.416 e. The number of rotatable bonds is 5. The Morgan fingerprint density at radius 1 is 0.900 bits per heavy atom. The molecule has 150 valence electrons. The normalized spacial score (nSPS) is 11.6. The lowest BCUT2D eigenvalue weighted by atomic mass is 9.94. The van der Waals surface area contributed by atoms with E-state index < -0.39 is 17.5 Å². The van der Waals surface area contributed by atoms with E-state index in [1.165, 1.54) is 12.1 Å². The Balaban J connectivity index is 1.96. The highest BCUT2D eigenvalue weighted by Crippen LogP contribution is 2.36. The molecule has 0 N–H and O–H groups in total. The summed E-state index contributed by atoms with van der Waals surface area (Å²) in [7, 11) is 0. The van der Waals surface area contributed by atoms with Crippen molar-refractivity contribution in [2.24, 2.45) is 0 Å². The minimum atomic E-state index is -4.48. The van der Waals surface area contributed by atoms with E-state index in [2.05, 4.69) is 0 Å². The summed E-state index contributed by atoms with van der Waals surface area (Å²) in [6.45, 7) is 0. The van der Waals surface area contributed by atoms with E-state index in [9.17, 15) is 22.8 Å². The van der Waals surface area contributed by atoms with Gasteiger partial charge in [-0.25, -0.2) is 0 Å². The molecule has 0 saturated carbocycles. The molecule has 3 nitrogen and oxygen atoms in total. The summed E-state index contributed by atoms with van der Waals surface area (Å²) >= 11 is 0. The molecule has 6 heteroatoms. The van der Waals surface area contributed by atoms with Crippen molar-refractivity contribution in [3.8, 4) is 11.1 Å². The summed E-state index contributed by atoms with van der Waals surface area (Å²) < 4.78 is 40.5. The van der Waals surface area contributed by atoms with Gasteiger partial charge in [0.1, 0.15) is 6.29 Å². The molecule has 30 heavy (non-hydrogen) atoms. The summed E-state index contributed by atoms with van der Waals surface area (Å²) in [6.07, 6.45) is -1.84. The predicted molar refractivity (Wildman–Crippen MR) is 107 cm³/mol. The van der Waals surface area contributed by atoms with E-state index >= 15 is 0 Å². The van der Waals surface area contributed by atoms with Crippen LogP contribution in [0.1, 0.15) is 27.2 Å². The SMILES string of the molecule is O=CCc1c(-c2ccccc2)c(C(=O)c2ccc(C(F)(F)F)cc2)c2ccccn12. The third kappa shape index (κ3) is 3.41. The first kappa shape index (κ1) is 19.6. The zero-order valence-electron chi connectivity index (χ0n) is 15.7. The second-order valence-corrected chi connectivity index (χ2v) is 6.79. The molecule has 2 aromatic carbocycles. The molecule has 0 atom stereocenters. The first-order chi connectivity index (χ1) is 14.4. The van der Waals surface area contributed by atoms with E-state index in [1.54, 1.807) is 28.8 Å². The van der Waals surface area contributed by atoms with Crippen LogP contribution in [0.25, 0.3) is 16.6 Å². The maximum atomic E-state index is 13.5. The van der Waals surface area contributed by atoms with Crippen molar-refractivity contribution in [1.82, 2.24) is 4.40 Å². The summed E-state index contributed by atoms with van der Waals surface area (Å²) in [5, 5.41) is 0.